The van der Waals surface area contributed by atoms with Gasteiger partial charge in [-0.15, -0.1) is 6.58 Å². The van der Waals surface area contributed by atoms with Gasteiger partial charge in [-0.25, -0.2) is 4.79 Å². The van der Waals surface area contributed by atoms with Crippen molar-refractivity contribution in [2.24, 2.45) is 5.92 Å². The number of nitrogens with one attached hydrogen (secondary N) is 1. The van der Waals surface area contributed by atoms with Crippen molar-refractivity contribution in [1.82, 2.24) is 0 Å². The zero-order chi connectivity index (χ0) is 22.7. The van der Waals surface area contributed by atoms with Crippen LogP contribution in [0.2, 0.25) is 10.0 Å². The van der Waals surface area contributed by atoms with E-state index in [-0.39, 0.29) is 12.3 Å². The summed E-state index contributed by atoms with van der Waals surface area (Å²) in [5, 5.41) is 3.45. The van der Waals surface area contributed by atoms with Crippen molar-refractivity contribution in [3.8, 4) is 0 Å². The van der Waals surface area contributed by atoms with Gasteiger partial charge in [0.15, 0.2) is 0 Å². The molecule has 0 aromatic heterocycles. The maximum atomic E-state index is 12.7. The van der Waals surface area contributed by atoms with Crippen LogP contribution in [-0.2, 0) is 19.2 Å². The Bertz CT molecular complexity index is 849. The molecule has 1 saturated heterocycles. The molecular weight excluding hydrogens is 441 g/mol. The molecule has 8 heteroatoms. The third-order valence-electron chi connectivity index (χ3n) is 5.99. The summed E-state index contributed by atoms with van der Waals surface area (Å²) in [6.07, 6.45) is 6.55. The molecule has 1 aromatic carbocycles. The highest BCUT2D eigenvalue weighted by atomic mass is 35.5. The molecule has 1 amide bonds. The van der Waals surface area contributed by atoms with E-state index in [9.17, 15) is 4.79 Å². The van der Waals surface area contributed by atoms with Crippen LogP contribution < -0.4 is 5.32 Å². The summed E-state index contributed by atoms with van der Waals surface area (Å²) < 4.78 is 12.2. The van der Waals surface area contributed by atoms with E-state index in [0.29, 0.717) is 35.0 Å². The quantitative estimate of drug-likeness (QED) is 0.342. The Labute approximate surface area is 193 Å². The van der Waals surface area contributed by atoms with Gasteiger partial charge in [0.25, 0.3) is 0 Å². The summed E-state index contributed by atoms with van der Waals surface area (Å²) in [7, 11) is 0. The van der Waals surface area contributed by atoms with Gasteiger partial charge in [0.1, 0.15) is 5.60 Å². The fraction of sp³-hybridized carbons (Fsp3) is 0.522. The summed E-state index contributed by atoms with van der Waals surface area (Å²) in [5.41, 5.74) is -0.620. The molecule has 1 aliphatic heterocycles. The summed E-state index contributed by atoms with van der Waals surface area (Å²) in [6, 6.07) is 4.80. The molecule has 0 bridgehead atoms. The minimum absolute atomic E-state index is 0.0821. The van der Waals surface area contributed by atoms with Crippen LogP contribution in [0.4, 0.5) is 10.5 Å². The molecule has 1 aliphatic carbocycles. The van der Waals surface area contributed by atoms with Gasteiger partial charge in [0, 0.05) is 23.8 Å². The van der Waals surface area contributed by atoms with Crippen LogP contribution in [0.1, 0.15) is 52.4 Å². The Balaban J connectivity index is 1.73. The molecule has 1 aromatic rings. The molecule has 31 heavy (non-hydrogen) atoms. The first-order valence-corrected chi connectivity index (χ1v) is 11.2. The van der Waals surface area contributed by atoms with E-state index in [4.69, 9.17) is 42.5 Å². The number of benzene rings is 1. The molecule has 6 nitrogen and oxygen atoms in total. The normalized spacial score (nSPS) is 31.2. The SMILES string of the molecule is C=CCC(CC)C1(C)OOC2(CCCC(C=C)(OC(=O)Nc3cc(Cl)ccc3Cl)C2)O1. The third-order valence-corrected chi connectivity index (χ3v) is 6.56. The summed E-state index contributed by atoms with van der Waals surface area (Å²) in [5.74, 6) is -1.85. The van der Waals surface area contributed by atoms with E-state index in [1.165, 1.54) is 0 Å². The summed E-state index contributed by atoms with van der Waals surface area (Å²) in [6.45, 7) is 11.7. The molecule has 170 valence electrons. The van der Waals surface area contributed by atoms with E-state index >= 15 is 0 Å². The fourth-order valence-electron chi connectivity index (χ4n) is 4.33. The van der Waals surface area contributed by atoms with Crippen LogP contribution in [0.3, 0.4) is 0 Å². The van der Waals surface area contributed by atoms with Gasteiger partial charge in [-0.05, 0) is 56.9 Å². The lowest BCUT2D eigenvalue weighted by atomic mass is 9.80. The zero-order valence-electron chi connectivity index (χ0n) is 17.9. The zero-order valence-corrected chi connectivity index (χ0v) is 19.4. The maximum absolute atomic E-state index is 12.7. The molecule has 1 spiro atoms. The lowest BCUT2D eigenvalue weighted by Crippen LogP contribution is -2.50. The first kappa shape index (κ1) is 24.1. The number of amides is 1. The van der Waals surface area contributed by atoms with Crippen molar-refractivity contribution in [3.05, 3.63) is 53.6 Å². The second-order valence-corrected chi connectivity index (χ2v) is 9.11. The van der Waals surface area contributed by atoms with Crippen molar-refractivity contribution in [3.63, 3.8) is 0 Å². The van der Waals surface area contributed by atoms with Gasteiger partial charge in [-0.2, -0.15) is 9.78 Å². The maximum Gasteiger partial charge on any atom is 0.412 e. The van der Waals surface area contributed by atoms with E-state index in [1.54, 1.807) is 24.3 Å². The molecule has 4 atom stereocenters. The van der Waals surface area contributed by atoms with Crippen molar-refractivity contribution in [2.45, 2.75) is 69.5 Å². The third kappa shape index (κ3) is 5.26. The number of carbonyl (C=O) groups excluding carboxylic acids is 1. The van der Waals surface area contributed by atoms with Crippen LogP contribution in [0.15, 0.2) is 43.5 Å². The number of allylic oxidation sites excluding steroid dienone is 1. The second kappa shape index (κ2) is 9.51. The number of rotatable bonds is 7. The Morgan fingerprint density at radius 1 is 1.32 bits per heavy atom. The minimum atomic E-state index is -1.02. The van der Waals surface area contributed by atoms with Crippen molar-refractivity contribution in [2.75, 3.05) is 5.32 Å². The minimum Gasteiger partial charge on any atom is -0.438 e. The molecule has 2 aliphatic rings. The van der Waals surface area contributed by atoms with Gasteiger partial charge >= 0.3 is 6.09 Å². The van der Waals surface area contributed by atoms with Gasteiger partial charge in [-0.3, -0.25) is 5.32 Å². The van der Waals surface area contributed by atoms with Crippen molar-refractivity contribution in [1.29, 1.82) is 0 Å². The average molecular weight is 470 g/mol. The number of hydrogen-bond acceptors (Lipinski definition) is 5. The van der Waals surface area contributed by atoms with Crippen LogP contribution in [0.5, 0.6) is 0 Å². The van der Waals surface area contributed by atoms with Gasteiger partial charge < -0.3 is 9.47 Å². The lowest BCUT2D eigenvalue weighted by Gasteiger charge is -2.42. The van der Waals surface area contributed by atoms with Gasteiger partial charge in [0.2, 0.25) is 11.6 Å². The highest BCUT2D eigenvalue weighted by Crippen LogP contribution is 2.50. The van der Waals surface area contributed by atoms with Crippen LogP contribution in [0, 0.1) is 5.92 Å². The number of anilines is 1. The van der Waals surface area contributed by atoms with Crippen LogP contribution in [0.25, 0.3) is 0 Å². The van der Waals surface area contributed by atoms with E-state index in [0.717, 1.165) is 12.8 Å². The number of ether oxygens (including phenoxy) is 2. The Hall–Kier alpha value is -1.57. The highest BCUT2D eigenvalue weighted by molar-refractivity contribution is 6.35. The average Bonchev–Trinajstić information content (AvgIpc) is 3.05. The summed E-state index contributed by atoms with van der Waals surface area (Å²) in [4.78, 5) is 24.1. The van der Waals surface area contributed by atoms with Crippen LogP contribution in [-0.4, -0.2) is 23.3 Å². The Morgan fingerprint density at radius 3 is 2.77 bits per heavy atom. The predicted octanol–water partition coefficient (Wildman–Crippen LogP) is 7.03. The standard InChI is InChI=1S/C23H29Cl2NO5/c1-5-9-16(6-2)21(4)29-23(31-30-21)13-8-12-22(7-3,15-23)28-20(27)26-19-14-17(24)10-11-18(19)25/h5,7,10-11,14,16H,1,3,6,8-9,12-13,15H2,2,4H3,(H,26,27). The Morgan fingerprint density at radius 2 is 2.10 bits per heavy atom. The molecule has 2 fully saturated rings. The van der Waals surface area contributed by atoms with Crippen molar-refractivity contribution < 1.29 is 24.0 Å². The monoisotopic (exact) mass is 469 g/mol. The predicted molar refractivity (Wildman–Crippen MR) is 121 cm³/mol. The lowest BCUT2D eigenvalue weighted by molar-refractivity contribution is -0.363. The largest absolute Gasteiger partial charge is 0.438 e. The van der Waals surface area contributed by atoms with Crippen molar-refractivity contribution >= 4 is 35.0 Å². The number of hydrogen-bond donors (Lipinski definition) is 1. The molecule has 0 radical (unpaired) electrons. The molecule has 4 unspecified atom stereocenters. The van der Waals surface area contributed by atoms with E-state index in [1.807, 2.05) is 13.0 Å². The van der Waals surface area contributed by atoms with Gasteiger partial charge in [0.05, 0.1) is 10.7 Å². The fourth-order valence-corrected chi connectivity index (χ4v) is 4.67. The molecule has 1 heterocycles. The van der Waals surface area contributed by atoms with E-state index < -0.39 is 23.3 Å². The first-order chi connectivity index (χ1) is 14.7. The number of halogens is 2. The number of carbonyl (C=O) groups is 1. The Kier molecular flexibility index (Phi) is 7.39. The van der Waals surface area contributed by atoms with Gasteiger partial charge in [-0.1, -0.05) is 42.8 Å². The molecule has 1 N–H and O–H groups in total. The molecule has 3 rings (SSSR count). The topological polar surface area (TPSA) is 66.0 Å². The van der Waals surface area contributed by atoms with Crippen LogP contribution >= 0.6 is 23.2 Å². The molecular formula is C23H29Cl2NO5. The van der Waals surface area contributed by atoms with E-state index in [2.05, 4.69) is 25.4 Å². The first-order valence-electron chi connectivity index (χ1n) is 10.5. The smallest absolute Gasteiger partial charge is 0.412 e. The second-order valence-electron chi connectivity index (χ2n) is 8.26. The highest BCUT2D eigenvalue weighted by Gasteiger charge is 2.58. The summed E-state index contributed by atoms with van der Waals surface area (Å²) >= 11 is 12.1. The molecule has 1 saturated carbocycles.